The highest BCUT2D eigenvalue weighted by Crippen LogP contribution is 2.23. The van der Waals surface area contributed by atoms with E-state index in [0.717, 1.165) is 10.8 Å². The number of halogens is 1. The lowest BCUT2D eigenvalue weighted by Gasteiger charge is -2.26. The molecule has 2 heterocycles. The van der Waals surface area contributed by atoms with Crippen LogP contribution < -0.4 is 5.32 Å². The standard InChI is InChI=1S/C15H18FN3O2S/c16-9-14-11-17-5-1-7-19(14)22(20,21)15-3-2-13-10-18-6-4-12(13)8-15/h2-4,6,8,10,14,17H,1,5,7,9,11H2. The molecule has 2 aromatic rings. The number of rotatable bonds is 3. The molecule has 5 nitrogen and oxygen atoms in total. The van der Waals surface area contributed by atoms with Gasteiger partial charge in [-0.1, -0.05) is 6.07 Å². The van der Waals surface area contributed by atoms with Crippen molar-refractivity contribution in [2.75, 3.05) is 26.3 Å². The van der Waals surface area contributed by atoms with Crippen LogP contribution in [0.15, 0.2) is 41.6 Å². The molecule has 1 aliphatic heterocycles. The third kappa shape index (κ3) is 2.84. The summed E-state index contributed by atoms with van der Waals surface area (Å²) in [5, 5.41) is 4.76. The van der Waals surface area contributed by atoms with Crippen LogP contribution >= 0.6 is 0 Å². The van der Waals surface area contributed by atoms with Gasteiger partial charge < -0.3 is 5.32 Å². The molecule has 0 bridgehead atoms. The molecule has 0 aliphatic carbocycles. The van der Waals surface area contributed by atoms with Crippen molar-refractivity contribution in [2.24, 2.45) is 0 Å². The van der Waals surface area contributed by atoms with E-state index in [1.54, 1.807) is 36.7 Å². The van der Waals surface area contributed by atoms with Crippen molar-refractivity contribution in [1.29, 1.82) is 0 Å². The van der Waals surface area contributed by atoms with Crippen LogP contribution in [0.5, 0.6) is 0 Å². The molecule has 0 spiro atoms. The Labute approximate surface area is 129 Å². The highest BCUT2D eigenvalue weighted by Gasteiger charge is 2.32. The lowest BCUT2D eigenvalue weighted by Crippen LogP contribution is -2.44. The molecule has 1 aromatic carbocycles. The third-order valence-electron chi connectivity index (χ3n) is 3.92. The average molecular weight is 323 g/mol. The second kappa shape index (κ2) is 6.28. The van der Waals surface area contributed by atoms with Gasteiger partial charge in [0.05, 0.1) is 10.9 Å². The van der Waals surface area contributed by atoms with Crippen molar-refractivity contribution < 1.29 is 12.8 Å². The molecule has 3 rings (SSSR count). The summed E-state index contributed by atoms with van der Waals surface area (Å²) in [7, 11) is -3.71. The second-order valence-electron chi connectivity index (χ2n) is 5.37. The zero-order valence-corrected chi connectivity index (χ0v) is 12.9. The summed E-state index contributed by atoms with van der Waals surface area (Å²) in [5.41, 5.74) is 0. The molecule has 0 radical (unpaired) electrons. The van der Waals surface area contributed by atoms with Gasteiger partial charge in [-0.2, -0.15) is 4.31 Å². The van der Waals surface area contributed by atoms with Gasteiger partial charge in [-0.3, -0.25) is 4.98 Å². The van der Waals surface area contributed by atoms with Crippen LogP contribution in [0, 0.1) is 0 Å². The van der Waals surface area contributed by atoms with Gasteiger partial charge in [0.2, 0.25) is 10.0 Å². The van der Waals surface area contributed by atoms with E-state index in [9.17, 15) is 12.8 Å². The first-order valence-electron chi connectivity index (χ1n) is 7.25. The number of nitrogens with zero attached hydrogens (tertiary/aromatic N) is 2. The van der Waals surface area contributed by atoms with Crippen LogP contribution in [0.25, 0.3) is 10.8 Å². The lowest BCUT2D eigenvalue weighted by molar-refractivity contribution is 0.274. The van der Waals surface area contributed by atoms with Crippen LogP contribution in [-0.2, 0) is 10.0 Å². The van der Waals surface area contributed by atoms with Crippen LogP contribution in [0.3, 0.4) is 0 Å². The normalized spacial score (nSPS) is 20.9. The van der Waals surface area contributed by atoms with Gasteiger partial charge in [0.15, 0.2) is 0 Å². The van der Waals surface area contributed by atoms with Gasteiger partial charge in [-0.05, 0) is 36.6 Å². The Kier molecular flexibility index (Phi) is 4.37. The number of aromatic nitrogens is 1. The van der Waals surface area contributed by atoms with Crippen molar-refractivity contribution in [2.45, 2.75) is 17.4 Å². The predicted molar refractivity (Wildman–Crippen MR) is 82.9 cm³/mol. The van der Waals surface area contributed by atoms with E-state index in [1.165, 1.54) is 4.31 Å². The third-order valence-corrected chi connectivity index (χ3v) is 5.86. The fourth-order valence-corrected chi connectivity index (χ4v) is 4.40. The maximum absolute atomic E-state index is 13.3. The van der Waals surface area contributed by atoms with Crippen molar-refractivity contribution in [3.8, 4) is 0 Å². The molecule has 22 heavy (non-hydrogen) atoms. The van der Waals surface area contributed by atoms with Gasteiger partial charge in [0.25, 0.3) is 0 Å². The molecular weight excluding hydrogens is 305 g/mol. The Balaban J connectivity index is 2.02. The number of hydrogen-bond acceptors (Lipinski definition) is 4. The number of hydrogen-bond donors (Lipinski definition) is 1. The molecule has 1 aliphatic rings. The summed E-state index contributed by atoms with van der Waals surface area (Å²) in [6, 6.07) is 6.04. The SMILES string of the molecule is O=S(=O)(c1ccc2cnccc2c1)N1CCCNCC1CF. The molecule has 0 saturated carbocycles. The summed E-state index contributed by atoms with van der Waals surface area (Å²) < 4.78 is 40.3. The van der Waals surface area contributed by atoms with Crippen molar-refractivity contribution in [3.63, 3.8) is 0 Å². The number of alkyl halides is 1. The first-order valence-corrected chi connectivity index (χ1v) is 8.69. The number of pyridine rings is 1. The predicted octanol–water partition coefficient (Wildman–Crippen LogP) is 1.56. The fraction of sp³-hybridized carbons (Fsp3) is 0.400. The minimum atomic E-state index is -3.71. The zero-order valence-electron chi connectivity index (χ0n) is 12.1. The topological polar surface area (TPSA) is 62.3 Å². The van der Waals surface area contributed by atoms with E-state index >= 15 is 0 Å². The van der Waals surface area contributed by atoms with Gasteiger partial charge >= 0.3 is 0 Å². The molecule has 118 valence electrons. The molecule has 1 aromatic heterocycles. The molecule has 1 N–H and O–H groups in total. The Morgan fingerprint density at radius 1 is 1.32 bits per heavy atom. The summed E-state index contributed by atoms with van der Waals surface area (Å²) in [6.45, 7) is 0.682. The van der Waals surface area contributed by atoms with Crippen molar-refractivity contribution in [3.05, 3.63) is 36.7 Å². The summed E-state index contributed by atoms with van der Waals surface area (Å²) in [4.78, 5) is 4.22. The minimum Gasteiger partial charge on any atom is -0.315 e. The van der Waals surface area contributed by atoms with Gasteiger partial charge in [-0.15, -0.1) is 0 Å². The van der Waals surface area contributed by atoms with Crippen LogP contribution in [-0.4, -0.2) is 50.1 Å². The number of sulfonamides is 1. The quantitative estimate of drug-likeness (QED) is 0.931. The van der Waals surface area contributed by atoms with Crippen LogP contribution in [0.1, 0.15) is 6.42 Å². The van der Waals surface area contributed by atoms with E-state index in [-0.39, 0.29) is 4.90 Å². The summed E-state index contributed by atoms with van der Waals surface area (Å²) in [6.07, 6.45) is 3.98. The fourth-order valence-electron chi connectivity index (χ4n) is 2.72. The van der Waals surface area contributed by atoms with E-state index in [4.69, 9.17) is 0 Å². The smallest absolute Gasteiger partial charge is 0.243 e. The molecule has 1 unspecified atom stereocenters. The van der Waals surface area contributed by atoms with E-state index in [1.807, 2.05) is 0 Å². The van der Waals surface area contributed by atoms with Gasteiger partial charge in [0, 0.05) is 30.9 Å². The average Bonchev–Trinajstić information content (AvgIpc) is 2.80. The van der Waals surface area contributed by atoms with E-state index < -0.39 is 22.7 Å². The van der Waals surface area contributed by atoms with Crippen LogP contribution in [0.4, 0.5) is 4.39 Å². The van der Waals surface area contributed by atoms with Crippen LogP contribution in [0.2, 0.25) is 0 Å². The van der Waals surface area contributed by atoms with Crippen molar-refractivity contribution in [1.82, 2.24) is 14.6 Å². The Hall–Kier alpha value is -1.57. The minimum absolute atomic E-state index is 0.201. The molecule has 1 saturated heterocycles. The Morgan fingerprint density at radius 2 is 2.18 bits per heavy atom. The largest absolute Gasteiger partial charge is 0.315 e. The highest BCUT2D eigenvalue weighted by molar-refractivity contribution is 7.89. The lowest BCUT2D eigenvalue weighted by atomic mass is 10.2. The monoisotopic (exact) mass is 323 g/mol. The molecule has 1 fully saturated rings. The molecule has 1 atom stereocenters. The highest BCUT2D eigenvalue weighted by atomic mass is 32.2. The van der Waals surface area contributed by atoms with E-state index in [0.29, 0.717) is 26.1 Å². The van der Waals surface area contributed by atoms with Gasteiger partial charge in [0.1, 0.15) is 6.67 Å². The molecule has 0 amide bonds. The number of nitrogens with one attached hydrogen (secondary N) is 1. The molecule has 7 heteroatoms. The molecular formula is C15H18FN3O2S. The maximum Gasteiger partial charge on any atom is 0.243 e. The number of benzene rings is 1. The number of fused-ring (bicyclic) bond motifs is 1. The van der Waals surface area contributed by atoms with Crippen molar-refractivity contribution >= 4 is 20.8 Å². The summed E-state index contributed by atoms with van der Waals surface area (Å²) in [5.74, 6) is 0. The Bertz CT molecular complexity index is 766. The zero-order chi connectivity index (χ0) is 15.6. The van der Waals surface area contributed by atoms with E-state index in [2.05, 4.69) is 10.3 Å². The maximum atomic E-state index is 13.3. The first-order chi connectivity index (χ1) is 10.6. The first kappa shape index (κ1) is 15.3. The summed E-state index contributed by atoms with van der Waals surface area (Å²) >= 11 is 0. The Morgan fingerprint density at radius 3 is 3.00 bits per heavy atom. The second-order valence-corrected chi connectivity index (χ2v) is 7.26. The van der Waals surface area contributed by atoms with Gasteiger partial charge in [-0.25, -0.2) is 12.8 Å².